The maximum atomic E-state index is 14.0. The zero-order valence-corrected chi connectivity index (χ0v) is 29.6. The molecule has 2 amide bonds. The second-order valence-electron chi connectivity index (χ2n) is 13.3. The third kappa shape index (κ3) is 5.64. The molecule has 2 heterocycles. The number of likely N-dealkylation sites (N-methyl/N-ethyl adjacent to an activating group) is 2. The third-order valence-electron chi connectivity index (χ3n) is 9.84. The molecular formula is C46H38N4O2. The van der Waals surface area contributed by atoms with E-state index < -0.39 is 0 Å². The molecule has 0 fully saturated rings. The maximum absolute atomic E-state index is 14.0. The van der Waals surface area contributed by atoms with E-state index in [1.165, 1.54) is 11.1 Å². The lowest BCUT2D eigenvalue weighted by Crippen LogP contribution is -2.25. The summed E-state index contributed by atoms with van der Waals surface area (Å²) in [5, 5.41) is 0. The van der Waals surface area contributed by atoms with Crippen molar-refractivity contribution in [1.29, 1.82) is 0 Å². The number of carbonyl (C=O) groups excluding carboxylic acids is 2. The maximum Gasteiger partial charge on any atom is 0.261 e. The summed E-state index contributed by atoms with van der Waals surface area (Å²) in [5.41, 5.74) is 12.2. The minimum Gasteiger partial charge on any atom is -0.311 e. The molecule has 8 rings (SSSR count). The topological polar surface area (TPSA) is 47.1 Å². The van der Waals surface area contributed by atoms with E-state index in [1.807, 2.05) is 72.8 Å². The molecule has 0 bridgehead atoms. The van der Waals surface area contributed by atoms with E-state index in [4.69, 9.17) is 0 Å². The first-order valence-electron chi connectivity index (χ1n) is 17.4. The largest absolute Gasteiger partial charge is 0.311 e. The molecule has 0 unspecified atom stereocenters. The molecule has 0 atom stereocenters. The van der Waals surface area contributed by atoms with E-state index in [1.54, 1.807) is 23.9 Å². The number of fused-ring (bicyclic) bond motifs is 1. The summed E-state index contributed by atoms with van der Waals surface area (Å²) in [6, 6.07) is 53.5. The Balaban J connectivity index is 1.17. The molecule has 2 aliphatic heterocycles. The van der Waals surface area contributed by atoms with Gasteiger partial charge in [-0.3, -0.25) is 9.59 Å². The monoisotopic (exact) mass is 678 g/mol. The van der Waals surface area contributed by atoms with Gasteiger partial charge in [0, 0.05) is 48.2 Å². The van der Waals surface area contributed by atoms with Gasteiger partial charge < -0.3 is 19.6 Å². The number of amides is 2. The van der Waals surface area contributed by atoms with Gasteiger partial charge in [0.05, 0.1) is 22.5 Å². The van der Waals surface area contributed by atoms with Crippen LogP contribution in [-0.4, -0.2) is 35.7 Å². The van der Waals surface area contributed by atoms with Crippen LogP contribution in [0, 0.1) is 13.8 Å². The summed E-state index contributed by atoms with van der Waals surface area (Å²) in [4.78, 5) is 35.7. The average molecular weight is 679 g/mol. The van der Waals surface area contributed by atoms with Gasteiger partial charge in [-0.05, 0) is 97.8 Å². The van der Waals surface area contributed by atoms with Gasteiger partial charge in [0.15, 0.2) is 0 Å². The van der Waals surface area contributed by atoms with Crippen LogP contribution in [0.2, 0.25) is 0 Å². The van der Waals surface area contributed by atoms with Crippen LogP contribution < -0.4 is 9.80 Å². The predicted octanol–water partition coefficient (Wildman–Crippen LogP) is 10.3. The van der Waals surface area contributed by atoms with Crippen molar-refractivity contribution in [3.63, 3.8) is 0 Å². The first-order valence-corrected chi connectivity index (χ1v) is 17.4. The zero-order valence-electron chi connectivity index (χ0n) is 29.6. The number of hydrogen-bond donors (Lipinski definition) is 0. The van der Waals surface area contributed by atoms with E-state index in [0.29, 0.717) is 22.5 Å². The highest BCUT2D eigenvalue weighted by Crippen LogP contribution is 2.46. The highest BCUT2D eigenvalue weighted by atomic mass is 16.2. The van der Waals surface area contributed by atoms with E-state index >= 15 is 0 Å². The molecule has 6 aromatic carbocycles. The molecule has 0 aliphatic carbocycles. The van der Waals surface area contributed by atoms with Crippen molar-refractivity contribution in [1.82, 2.24) is 9.80 Å². The number of hydrogen-bond acceptors (Lipinski definition) is 4. The average Bonchev–Trinajstić information content (AvgIpc) is 3.59. The van der Waals surface area contributed by atoms with Crippen LogP contribution >= 0.6 is 0 Å². The first kappa shape index (κ1) is 32.5. The smallest absolute Gasteiger partial charge is 0.261 e. The van der Waals surface area contributed by atoms with E-state index in [9.17, 15) is 9.59 Å². The van der Waals surface area contributed by atoms with Crippen molar-refractivity contribution in [3.8, 4) is 0 Å². The SMILES string of the molecule is Cc1ccc(N(c2ccc(C)cc2)c2ccc(C3=C4C(=O)N(C)C(c5ccc(N(c6ccccc6)c6ccccc6)cc5)=C4C(=O)N3C)cc2)cc1. The second kappa shape index (κ2) is 13.2. The quantitative estimate of drug-likeness (QED) is 0.161. The first-order chi connectivity index (χ1) is 25.3. The van der Waals surface area contributed by atoms with Crippen LogP contribution in [0.1, 0.15) is 22.3 Å². The molecule has 254 valence electrons. The van der Waals surface area contributed by atoms with E-state index in [-0.39, 0.29) is 11.8 Å². The van der Waals surface area contributed by atoms with Crippen molar-refractivity contribution in [3.05, 3.63) is 191 Å². The number of aryl methyl sites for hydroxylation is 2. The van der Waals surface area contributed by atoms with Gasteiger partial charge >= 0.3 is 0 Å². The summed E-state index contributed by atoms with van der Waals surface area (Å²) < 4.78 is 0. The molecule has 0 saturated heterocycles. The fourth-order valence-corrected chi connectivity index (χ4v) is 7.18. The molecule has 52 heavy (non-hydrogen) atoms. The summed E-state index contributed by atoms with van der Waals surface area (Å²) >= 11 is 0. The molecule has 0 aromatic heterocycles. The molecule has 6 nitrogen and oxygen atoms in total. The Morgan fingerprint density at radius 2 is 0.635 bits per heavy atom. The van der Waals surface area contributed by atoms with Crippen molar-refractivity contribution in [2.24, 2.45) is 0 Å². The molecule has 6 heteroatoms. The number of anilines is 6. The number of nitrogens with zero attached hydrogens (tertiary/aromatic N) is 4. The highest BCUT2D eigenvalue weighted by Gasteiger charge is 2.46. The Kier molecular flexibility index (Phi) is 8.28. The summed E-state index contributed by atoms with van der Waals surface area (Å²) in [6.07, 6.45) is 0. The summed E-state index contributed by atoms with van der Waals surface area (Å²) in [6.45, 7) is 4.17. The minimum absolute atomic E-state index is 0.193. The lowest BCUT2D eigenvalue weighted by molar-refractivity contribution is -0.123. The Bertz CT molecular complexity index is 2260. The molecule has 0 spiro atoms. The van der Waals surface area contributed by atoms with Crippen molar-refractivity contribution < 1.29 is 9.59 Å². The van der Waals surface area contributed by atoms with Crippen LogP contribution in [0.15, 0.2) is 169 Å². The molecular weight excluding hydrogens is 641 g/mol. The van der Waals surface area contributed by atoms with Crippen molar-refractivity contribution >= 4 is 57.3 Å². The highest BCUT2D eigenvalue weighted by molar-refractivity contribution is 6.30. The second-order valence-corrected chi connectivity index (χ2v) is 13.3. The fourth-order valence-electron chi connectivity index (χ4n) is 7.18. The van der Waals surface area contributed by atoms with E-state index in [2.05, 4.69) is 109 Å². The summed E-state index contributed by atoms with van der Waals surface area (Å²) in [7, 11) is 3.50. The van der Waals surface area contributed by atoms with Gasteiger partial charge in [-0.1, -0.05) is 96.1 Å². The van der Waals surface area contributed by atoms with Gasteiger partial charge in [-0.15, -0.1) is 0 Å². The van der Waals surface area contributed by atoms with Crippen LogP contribution in [-0.2, 0) is 9.59 Å². The van der Waals surface area contributed by atoms with Crippen LogP contribution in [0.25, 0.3) is 11.4 Å². The van der Waals surface area contributed by atoms with Gasteiger partial charge in [0.25, 0.3) is 11.8 Å². The lowest BCUT2D eigenvalue weighted by Gasteiger charge is -2.26. The Morgan fingerprint density at radius 1 is 0.365 bits per heavy atom. The van der Waals surface area contributed by atoms with Gasteiger partial charge in [0.2, 0.25) is 0 Å². The van der Waals surface area contributed by atoms with Crippen LogP contribution in [0.5, 0.6) is 0 Å². The van der Waals surface area contributed by atoms with Gasteiger partial charge in [0.1, 0.15) is 0 Å². The fraction of sp³-hybridized carbons (Fsp3) is 0.0870. The standard InChI is InChI=1S/C46H38N4O2/c1-31-15-23-37(24-16-31)50(38-25-17-32(2)18-26-38)40-29-21-34(22-30-40)44-42-41(45(51)48(44)4)43(47(3)46(42)52)33-19-27-39(28-20-33)49(35-11-7-5-8-12-35)36-13-9-6-10-14-36/h5-30H,1-4H3. The van der Waals surface area contributed by atoms with E-state index in [0.717, 1.165) is 45.3 Å². The molecule has 0 radical (unpaired) electrons. The molecule has 2 aliphatic rings. The number of carbonyl (C=O) groups is 2. The third-order valence-corrected chi connectivity index (χ3v) is 9.84. The van der Waals surface area contributed by atoms with Gasteiger partial charge in [-0.25, -0.2) is 0 Å². The lowest BCUT2D eigenvalue weighted by atomic mass is 10.0. The minimum atomic E-state index is -0.193. The van der Waals surface area contributed by atoms with Crippen molar-refractivity contribution in [2.45, 2.75) is 13.8 Å². The number of benzene rings is 6. The predicted molar refractivity (Wildman–Crippen MR) is 211 cm³/mol. The van der Waals surface area contributed by atoms with Gasteiger partial charge in [-0.2, -0.15) is 0 Å². The van der Waals surface area contributed by atoms with Crippen LogP contribution in [0.3, 0.4) is 0 Å². The van der Waals surface area contributed by atoms with Crippen LogP contribution in [0.4, 0.5) is 34.1 Å². The molecule has 6 aromatic rings. The Labute approximate surface area is 304 Å². The zero-order chi connectivity index (χ0) is 35.9. The molecule has 0 saturated carbocycles. The Morgan fingerprint density at radius 3 is 0.942 bits per heavy atom. The normalized spacial score (nSPS) is 14.0. The molecule has 0 N–H and O–H groups in total. The Hall–Kier alpha value is -6.66. The number of para-hydroxylation sites is 2. The summed E-state index contributed by atoms with van der Waals surface area (Å²) in [5.74, 6) is -0.385. The van der Waals surface area contributed by atoms with Crippen molar-refractivity contribution in [2.75, 3.05) is 23.9 Å². The number of rotatable bonds is 8.